The lowest BCUT2D eigenvalue weighted by Crippen LogP contribution is -2.32. The lowest BCUT2D eigenvalue weighted by molar-refractivity contribution is -0.120. The van der Waals surface area contributed by atoms with E-state index in [-0.39, 0.29) is 15.8 Å². The number of rotatable bonds is 3. The van der Waals surface area contributed by atoms with Crippen LogP contribution in [0, 0.1) is 6.92 Å². The minimum absolute atomic E-state index is 0.0246. The predicted octanol–water partition coefficient (Wildman–Crippen LogP) is 4.74. The van der Waals surface area contributed by atoms with E-state index in [9.17, 15) is 9.59 Å². The molecule has 0 atom stereocenters. The first kappa shape index (κ1) is 16.8. The van der Waals surface area contributed by atoms with Gasteiger partial charge >= 0.3 is 0 Å². The van der Waals surface area contributed by atoms with Gasteiger partial charge in [-0.25, -0.2) is 4.90 Å². The summed E-state index contributed by atoms with van der Waals surface area (Å²) in [5.41, 5.74) is 2.06. The van der Waals surface area contributed by atoms with Crippen LogP contribution >= 0.6 is 34.8 Å². The highest BCUT2D eigenvalue weighted by molar-refractivity contribution is 6.53. The summed E-state index contributed by atoms with van der Waals surface area (Å²) < 4.78 is 0. The van der Waals surface area contributed by atoms with Crippen molar-refractivity contribution in [3.05, 3.63) is 68.8 Å². The van der Waals surface area contributed by atoms with Gasteiger partial charge in [-0.1, -0.05) is 52.5 Å². The molecule has 2 amide bonds. The second-order valence-corrected chi connectivity index (χ2v) is 6.42. The van der Waals surface area contributed by atoms with Gasteiger partial charge in [0.15, 0.2) is 0 Å². The average Bonchev–Trinajstić information content (AvgIpc) is 2.76. The second kappa shape index (κ2) is 6.48. The predicted molar refractivity (Wildman–Crippen MR) is 96.6 cm³/mol. The number of nitrogens with one attached hydrogen (secondary N) is 1. The molecule has 1 aliphatic heterocycles. The minimum Gasteiger partial charge on any atom is -0.350 e. The summed E-state index contributed by atoms with van der Waals surface area (Å²) in [6.07, 6.45) is 0. The molecule has 122 valence electrons. The maximum Gasteiger partial charge on any atom is 0.283 e. The van der Waals surface area contributed by atoms with E-state index in [1.54, 1.807) is 12.1 Å². The summed E-state index contributed by atoms with van der Waals surface area (Å²) in [4.78, 5) is 25.9. The summed E-state index contributed by atoms with van der Waals surface area (Å²) in [6, 6.07) is 11.8. The van der Waals surface area contributed by atoms with Gasteiger partial charge in [0, 0.05) is 5.69 Å². The van der Waals surface area contributed by atoms with E-state index in [1.165, 1.54) is 18.2 Å². The van der Waals surface area contributed by atoms with E-state index >= 15 is 0 Å². The summed E-state index contributed by atoms with van der Waals surface area (Å²) in [5.74, 6) is -1.17. The van der Waals surface area contributed by atoms with Crippen molar-refractivity contribution in [2.24, 2.45) is 0 Å². The summed E-state index contributed by atoms with van der Waals surface area (Å²) in [6.45, 7) is 1.95. The first-order valence-corrected chi connectivity index (χ1v) is 8.09. The van der Waals surface area contributed by atoms with Gasteiger partial charge in [0.2, 0.25) is 0 Å². The highest BCUT2D eigenvalue weighted by Gasteiger charge is 2.39. The third-order valence-electron chi connectivity index (χ3n) is 3.51. The lowest BCUT2D eigenvalue weighted by atomic mass is 10.2. The summed E-state index contributed by atoms with van der Waals surface area (Å²) in [5, 5.41) is 3.30. The van der Waals surface area contributed by atoms with Crippen LogP contribution in [-0.4, -0.2) is 11.8 Å². The molecule has 0 spiro atoms. The van der Waals surface area contributed by atoms with Crippen molar-refractivity contribution in [2.45, 2.75) is 6.92 Å². The Morgan fingerprint density at radius 2 is 1.54 bits per heavy atom. The van der Waals surface area contributed by atoms with Gasteiger partial charge in [0.05, 0.1) is 15.7 Å². The molecule has 0 unspecified atom stereocenters. The van der Waals surface area contributed by atoms with Crippen LogP contribution < -0.4 is 10.2 Å². The zero-order chi connectivity index (χ0) is 17.4. The quantitative estimate of drug-likeness (QED) is 0.781. The van der Waals surface area contributed by atoms with Gasteiger partial charge in [-0.15, -0.1) is 0 Å². The molecule has 1 N–H and O–H groups in total. The molecule has 4 nitrogen and oxygen atoms in total. The monoisotopic (exact) mass is 380 g/mol. The van der Waals surface area contributed by atoms with Crippen molar-refractivity contribution in [3.63, 3.8) is 0 Å². The lowest BCUT2D eigenvalue weighted by Gasteiger charge is -2.15. The van der Waals surface area contributed by atoms with Crippen molar-refractivity contribution in [1.29, 1.82) is 0 Å². The molecule has 0 radical (unpaired) electrons. The number of halogens is 3. The Labute approximate surface area is 153 Å². The number of hydrogen-bond donors (Lipinski definition) is 1. The normalized spacial score (nSPS) is 14.6. The Hall–Kier alpha value is -2.01. The second-order valence-electron chi connectivity index (χ2n) is 5.22. The Balaban J connectivity index is 1.92. The Bertz CT molecular complexity index is 876. The number of amides is 2. The first-order chi connectivity index (χ1) is 11.4. The number of nitrogens with zero attached hydrogens (tertiary/aromatic N) is 1. The molecule has 0 bridgehead atoms. The first-order valence-electron chi connectivity index (χ1n) is 6.96. The van der Waals surface area contributed by atoms with Crippen molar-refractivity contribution in [2.75, 3.05) is 10.2 Å². The molecular weight excluding hydrogens is 371 g/mol. The highest BCUT2D eigenvalue weighted by Crippen LogP contribution is 2.33. The number of benzene rings is 2. The molecule has 2 aromatic carbocycles. The van der Waals surface area contributed by atoms with Crippen LogP contribution in [0.3, 0.4) is 0 Å². The molecule has 7 heteroatoms. The van der Waals surface area contributed by atoms with E-state index in [0.29, 0.717) is 16.4 Å². The van der Waals surface area contributed by atoms with Gasteiger partial charge < -0.3 is 5.32 Å². The number of hydrogen-bond acceptors (Lipinski definition) is 3. The van der Waals surface area contributed by atoms with Crippen molar-refractivity contribution < 1.29 is 9.59 Å². The smallest absolute Gasteiger partial charge is 0.283 e. The minimum atomic E-state index is -0.616. The third-order valence-corrected chi connectivity index (χ3v) is 4.60. The van der Waals surface area contributed by atoms with Gasteiger partial charge in [0.1, 0.15) is 10.7 Å². The largest absolute Gasteiger partial charge is 0.350 e. The van der Waals surface area contributed by atoms with Crippen LogP contribution in [0.4, 0.5) is 11.4 Å². The Morgan fingerprint density at radius 1 is 0.875 bits per heavy atom. The summed E-state index contributed by atoms with van der Waals surface area (Å²) >= 11 is 17.9. The maximum atomic E-state index is 12.6. The Kier molecular flexibility index (Phi) is 4.54. The fourth-order valence-corrected chi connectivity index (χ4v) is 2.76. The van der Waals surface area contributed by atoms with Crippen LogP contribution in [0.25, 0.3) is 0 Å². The zero-order valence-corrected chi connectivity index (χ0v) is 14.7. The van der Waals surface area contributed by atoms with Crippen LogP contribution in [0.1, 0.15) is 5.56 Å². The van der Waals surface area contributed by atoms with Gasteiger partial charge in [-0.05, 0) is 37.3 Å². The van der Waals surface area contributed by atoms with Crippen LogP contribution in [0.5, 0.6) is 0 Å². The van der Waals surface area contributed by atoms with Gasteiger partial charge in [-0.2, -0.15) is 0 Å². The van der Waals surface area contributed by atoms with Crippen LogP contribution in [0.2, 0.25) is 10.0 Å². The Morgan fingerprint density at radius 3 is 2.17 bits per heavy atom. The third kappa shape index (κ3) is 3.00. The molecule has 0 aliphatic carbocycles. The van der Waals surface area contributed by atoms with Crippen molar-refractivity contribution in [1.82, 2.24) is 0 Å². The van der Waals surface area contributed by atoms with Crippen molar-refractivity contribution in [3.8, 4) is 0 Å². The fraction of sp³-hybridized carbons (Fsp3) is 0.0588. The van der Waals surface area contributed by atoms with E-state index in [1.807, 2.05) is 19.1 Å². The van der Waals surface area contributed by atoms with Crippen LogP contribution in [-0.2, 0) is 9.59 Å². The number of imide groups is 1. The van der Waals surface area contributed by atoms with Gasteiger partial charge in [-0.3, -0.25) is 9.59 Å². The van der Waals surface area contributed by atoms with Gasteiger partial charge in [0.25, 0.3) is 11.8 Å². The summed E-state index contributed by atoms with van der Waals surface area (Å²) in [7, 11) is 0. The van der Waals surface area contributed by atoms with E-state index in [0.717, 1.165) is 10.5 Å². The molecule has 0 saturated carbocycles. The molecule has 3 rings (SSSR count). The molecule has 0 aromatic heterocycles. The molecular formula is C17H11Cl3N2O2. The van der Waals surface area contributed by atoms with Crippen LogP contribution in [0.15, 0.2) is 53.2 Å². The molecule has 24 heavy (non-hydrogen) atoms. The molecule has 0 fully saturated rings. The SMILES string of the molecule is Cc1ccc(NC2=C(Cl)C(=O)N(c3ccc(Cl)c(Cl)c3)C2=O)cc1. The standard InChI is InChI=1S/C17H11Cl3N2O2/c1-9-2-4-10(5-3-9)21-15-14(20)16(23)22(17(15)24)11-6-7-12(18)13(19)8-11/h2-8,21H,1H3. The molecule has 0 saturated heterocycles. The molecule has 2 aromatic rings. The number of carbonyl (C=O) groups excluding carboxylic acids is 2. The highest BCUT2D eigenvalue weighted by atomic mass is 35.5. The molecule has 1 aliphatic rings. The zero-order valence-electron chi connectivity index (χ0n) is 12.4. The number of carbonyl (C=O) groups is 2. The average molecular weight is 382 g/mol. The topological polar surface area (TPSA) is 49.4 Å². The van der Waals surface area contributed by atoms with E-state index in [2.05, 4.69) is 5.32 Å². The van der Waals surface area contributed by atoms with E-state index in [4.69, 9.17) is 34.8 Å². The van der Waals surface area contributed by atoms with E-state index < -0.39 is 11.8 Å². The number of anilines is 2. The molecule has 1 heterocycles. The maximum absolute atomic E-state index is 12.6. The van der Waals surface area contributed by atoms with Crippen molar-refractivity contribution >= 4 is 58.0 Å². The fourth-order valence-electron chi connectivity index (χ4n) is 2.25. The number of aryl methyl sites for hydroxylation is 1.